The van der Waals surface area contributed by atoms with Gasteiger partial charge in [-0.3, -0.25) is 14.6 Å². The van der Waals surface area contributed by atoms with Gasteiger partial charge in [0.05, 0.1) is 11.1 Å². The number of ketones is 1. The summed E-state index contributed by atoms with van der Waals surface area (Å²) in [7, 11) is 0. The maximum atomic E-state index is 12.4. The van der Waals surface area contributed by atoms with E-state index in [-0.39, 0.29) is 18.1 Å². The SMILES string of the molecule is O=C1CCC[C@H]([C@@H](NC(=O)c2cnc3ccccc3c2)C(=O)O)C1. The molecule has 6 heteroatoms. The molecule has 0 unspecified atom stereocenters. The highest BCUT2D eigenvalue weighted by molar-refractivity contribution is 5.99. The Bertz CT molecular complexity index is 802. The van der Waals surface area contributed by atoms with Crippen molar-refractivity contribution in [3.63, 3.8) is 0 Å². The Hall–Kier alpha value is -2.76. The van der Waals surface area contributed by atoms with Crippen LogP contribution < -0.4 is 5.32 Å². The lowest BCUT2D eigenvalue weighted by Crippen LogP contribution is -2.47. The summed E-state index contributed by atoms with van der Waals surface area (Å²) in [5.74, 6) is -1.91. The van der Waals surface area contributed by atoms with Gasteiger partial charge >= 0.3 is 5.97 Å². The van der Waals surface area contributed by atoms with Crippen molar-refractivity contribution in [2.75, 3.05) is 0 Å². The van der Waals surface area contributed by atoms with Crippen LogP contribution in [0.1, 0.15) is 36.0 Å². The van der Waals surface area contributed by atoms with Crippen molar-refractivity contribution >= 4 is 28.6 Å². The molecule has 2 aromatic rings. The molecule has 0 aliphatic heterocycles. The predicted octanol–water partition coefficient (Wildman–Crippen LogP) is 2.18. The summed E-state index contributed by atoms with van der Waals surface area (Å²) < 4.78 is 0. The summed E-state index contributed by atoms with van der Waals surface area (Å²) in [6.07, 6.45) is 3.42. The van der Waals surface area contributed by atoms with Gasteiger partial charge in [0.2, 0.25) is 0 Å². The van der Waals surface area contributed by atoms with Gasteiger partial charge in [-0.1, -0.05) is 18.2 Å². The summed E-state index contributed by atoms with van der Waals surface area (Å²) >= 11 is 0. The van der Waals surface area contributed by atoms with Crippen molar-refractivity contribution in [3.8, 4) is 0 Å². The highest BCUT2D eigenvalue weighted by Gasteiger charge is 2.33. The van der Waals surface area contributed by atoms with E-state index in [4.69, 9.17) is 0 Å². The first-order valence-corrected chi connectivity index (χ1v) is 7.95. The van der Waals surface area contributed by atoms with Crippen molar-refractivity contribution in [3.05, 3.63) is 42.1 Å². The minimum atomic E-state index is -1.11. The number of nitrogens with zero attached hydrogens (tertiary/aromatic N) is 1. The number of para-hydroxylation sites is 1. The maximum absolute atomic E-state index is 12.4. The summed E-state index contributed by atoms with van der Waals surface area (Å²) in [6.45, 7) is 0. The predicted molar refractivity (Wildman–Crippen MR) is 87.6 cm³/mol. The zero-order chi connectivity index (χ0) is 17.1. The highest BCUT2D eigenvalue weighted by atomic mass is 16.4. The maximum Gasteiger partial charge on any atom is 0.326 e. The van der Waals surface area contributed by atoms with Crippen molar-refractivity contribution in [1.82, 2.24) is 10.3 Å². The Morgan fingerprint density at radius 2 is 2.08 bits per heavy atom. The molecule has 3 rings (SSSR count). The van der Waals surface area contributed by atoms with Gasteiger partial charge in [0.1, 0.15) is 11.8 Å². The quantitative estimate of drug-likeness (QED) is 0.897. The monoisotopic (exact) mass is 326 g/mol. The van der Waals surface area contributed by atoms with Crippen LogP contribution in [0, 0.1) is 5.92 Å². The molecule has 0 radical (unpaired) electrons. The van der Waals surface area contributed by atoms with E-state index in [0.29, 0.717) is 24.8 Å². The van der Waals surface area contributed by atoms with E-state index < -0.39 is 17.9 Å². The highest BCUT2D eigenvalue weighted by Crippen LogP contribution is 2.25. The van der Waals surface area contributed by atoms with Gasteiger partial charge < -0.3 is 10.4 Å². The first kappa shape index (κ1) is 16.1. The van der Waals surface area contributed by atoms with Gasteiger partial charge in [-0.05, 0) is 30.9 Å². The average molecular weight is 326 g/mol. The van der Waals surface area contributed by atoms with Gasteiger partial charge in [-0.15, -0.1) is 0 Å². The van der Waals surface area contributed by atoms with E-state index in [1.165, 1.54) is 6.20 Å². The van der Waals surface area contributed by atoms with Crippen LogP contribution >= 0.6 is 0 Å². The van der Waals surface area contributed by atoms with Gasteiger partial charge in [-0.25, -0.2) is 4.79 Å². The van der Waals surface area contributed by atoms with E-state index in [2.05, 4.69) is 10.3 Å². The van der Waals surface area contributed by atoms with E-state index in [1.807, 2.05) is 24.3 Å². The number of hydrogen-bond donors (Lipinski definition) is 2. The zero-order valence-corrected chi connectivity index (χ0v) is 13.1. The third kappa shape index (κ3) is 3.42. The third-order valence-electron chi connectivity index (χ3n) is 4.40. The summed E-state index contributed by atoms with van der Waals surface area (Å²) in [6, 6.07) is 8.00. The fourth-order valence-electron chi connectivity index (χ4n) is 3.14. The number of rotatable bonds is 4. The number of aliphatic carboxylic acids is 1. The Labute approximate surface area is 138 Å². The number of hydrogen-bond acceptors (Lipinski definition) is 4. The van der Waals surface area contributed by atoms with Crippen LogP contribution in [-0.4, -0.2) is 33.8 Å². The van der Waals surface area contributed by atoms with E-state index in [1.54, 1.807) is 6.07 Å². The molecule has 1 heterocycles. The average Bonchev–Trinajstić information content (AvgIpc) is 2.58. The number of carbonyl (C=O) groups excluding carboxylic acids is 2. The molecule has 1 saturated carbocycles. The molecule has 0 spiro atoms. The molecule has 24 heavy (non-hydrogen) atoms. The molecule has 6 nitrogen and oxygen atoms in total. The lowest BCUT2D eigenvalue weighted by Gasteiger charge is -2.27. The number of pyridine rings is 1. The van der Waals surface area contributed by atoms with Crippen LogP contribution in [0.2, 0.25) is 0 Å². The number of benzene rings is 1. The van der Waals surface area contributed by atoms with Gasteiger partial charge in [-0.2, -0.15) is 0 Å². The fourth-order valence-corrected chi connectivity index (χ4v) is 3.14. The van der Waals surface area contributed by atoms with Crippen LogP contribution in [0.3, 0.4) is 0 Å². The van der Waals surface area contributed by atoms with Crippen molar-refractivity contribution in [2.45, 2.75) is 31.7 Å². The number of amides is 1. The topological polar surface area (TPSA) is 96.4 Å². The van der Waals surface area contributed by atoms with Crippen molar-refractivity contribution in [1.29, 1.82) is 0 Å². The third-order valence-corrected chi connectivity index (χ3v) is 4.40. The van der Waals surface area contributed by atoms with Crippen molar-refractivity contribution in [2.24, 2.45) is 5.92 Å². The molecule has 1 aliphatic carbocycles. The molecule has 1 aliphatic rings. The van der Waals surface area contributed by atoms with E-state index >= 15 is 0 Å². The number of carboxylic acids is 1. The first-order chi connectivity index (χ1) is 11.5. The smallest absolute Gasteiger partial charge is 0.326 e. The number of aromatic nitrogens is 1. The molecule has 2 atom stereocenters. The standard InChI is InChI=1S/C18H18N2O4/c21-14-6-3-5-12(9-14)16(18(23)24)20-17(22)13-8-11-4-1-2-7-15(11)19-10-13/h1-2,4,7-8,10,12,16H,3,5-6,9H2,(H,20,22)(H,23,24)/t12-,16+/m0/s1. The minimum absolute atomic E-state index is 0.0547. The van der Waals surface area contributed by atoms with Crippen molar-refractivity contribution < 1.29 is 19.5 Å². The molecular formula is C18H18N2O4. The Morgan fingerprint density at radius 1 is 1.29 bits per heavy atom. The Kier molecular flexibility index (Phi) is 4.55. The zero-order valence-electron chi connectivity index (χ0n) is 13.1. The number of nitrogens with one attached hydrogen (secondary N) is 1. The Balaban J connectivity index is 1.79. The van der Waals surface area contributed by atoms with Crippen LogP contribution in [-0.2, 0) is 9.59 Å². The molecule has 0 bridgehead atoms. The fraction of sp³-hybridized carbons (Fsp3) is 0.333. The first-order valence-electron chi connectivity index (χ1n) is 7.95. The molecule has 124 valence electrons. The normalized spacial score (nSPS) is 19.0. The molecular weight excluding hydrogens is 308 g/mol. The molecule has 1 fully saturated rings. The van der Waals surface area contributed by atoms with Gasteiger partial charge in [0, 0.05) is 24.4 Å². The number of carboxylic acid groups (broad SMARTS) is 1. The Morgan fingerprint density at radius 3 is 2.83 bits per heavy atom. The summed E-state index contributed by atoms with van der Waals surface area (Å²) in [4.78, 5) is 39.8. The van der Waals surface area contributed by atoms with Crippen LogP contribution in [0.25, 0.3) is 10.9 Å². The molecule has 1 aromatic carbocycles. The van der Waals surface area contributed by atoms with E-state index in [9.17, 15) is 19.5 Å². The van der Waals surface area contributed by atoms with Gasteiger partial charge in [0.25, 0.3) is 5.91 Å². The van der Waals surface area contributed by atoms with Crippen LogP contribution in [0.4, 0.5) is 0 Å². The molecule has 1 amide bonds. The van der Waals surface area contributed by atoms with Crippen LogP contribution in [0.5, 0.6) is 0 Å². The minimum Gasteiger partial charge on any atom is -0.480 e. The lowest BCUT2D eigenvalue weighted by atomic mass is 9.83. The second kappa shape index (κ2) is 6.78. The molecule has 2 N–H and O–H groups in total. The van der Waals surface area contributed by atoms with Gasteiger partial charge in [0.15, 0.2) is 0 Å². The lowest BCUT2D eigenvalue weighted by molar-refractivity contribution is -0.141. The second-order valence-electron chi connectivity index (χ2n) is 6.10. The summed E-state index contributed by atoms with van der Waals surface area (Å²) in [5, 5.41) is 12.8. The summed E-state index contributed by atoms with van der Waals surface area (Å²) in [5.41, 5.74) is 1.07. The number of Topliss-reactive ketones (excluding diaryl/α,β-unsaturated/α-hetero) is 1. The number of fused-ring (bicyclic) bond motifs is 1. The molecule has 0 saturated heterocycles. The number of carbonyl (C=O) groups is 3. The second-order valence-corrected chi connectivity index (χ2v) is 6.10. The van der Waals surface area contributed by atoms with E-state index in [0.717, 1.165) is 10.9 Å². The largest absolute Gasteiger partial charge is 0.480 e. The van der Waals surface area contributed by atoms with Crippen LogP contribution in [0.15, 0.2) is 36.5 Å². The molecule has 1 aromatic heterocycles.